The molecule has 0 aliphatic rings. The molecule has 1 heterocycles. The van der Waals surface area contributed by atoms with Crippen LogP contribution in [0.3, 0.4) is 0 Å². The largest absolute Gasteiger partial charge is 0.358 e. The van der Waals surface area contributed by atoms with Gasteiger partial charge in [0.2, 0.25) is 0 Å². The van der Waals surface area contributed by atoms with E-state index in [4.69, 9.17) is 0 Å². The monoisotopic (exact) mass is 258 g/mol. The number of hydrogen-bond donors (Lipinski definition) is 2. The van der Waals surface area contributed by atoms with Crippen LogP contribution < -0.4 is 5.32 Å². The Hall–Kier alpha value is -1.28. The summed E-state index contributed by atoms with van der Waals surface area (Å²) in [5.41, 5.74) is 5.46. The Morgan fingerprint density at radius 2 is 1.89 bits per heavy atom. The fraction of sp³-hybridized carbons (Fsp3) is 0.529. The highest BCUT2D eigenvalue weighted by atomic mass is 14.9. The summed E-state index contributed by atoms with van der Waals surface area (Å²) >= 11 is 0. The molecule has 2 aromatic rings. The van der Waals surface area contributed by atoms with E-state index < -0.39 is 0 Å². The van der Waals surface area contributed by atoms with Crippen LogP contribution in [0, 0.1) is 6.92 Å². The van der Waals surface area contributed by atoms with Crippen molar-refractivity contribution in [1.82, 2.24) is 10.3 Å². The molecular formula is C17H26N2. The van der Waals surface area contributed by atoms with Crippen molar-refractivity contribution in [3.05, 3.63) is 35.0 Å². The van der Waals surface area contributed by atoms with E-state index in [1.54, 1.807) is 0 Å². The molecule has 2 N–H and O–H groups in total. The summed E-state index contributed by atoms with van der Waals surface area (Å²) in [5, 5.41) is 4.90. The zero-order chi connectivity index (χ0) is 14.0. The third-order valence-electron chi connectivity index (χ3n) is 3.74. The molecule has 0 bridgehead atoms. The van der Waals surface area contributed by atoms with Crippen molar-refractivity contribution < 1.29 is 0 Å². The molecule has 0 saturated heterocycles. The van der Waals surface area contributed by atoms with Crippen molar-refractivity contribution in [1.29, 1.82) is 0 Å². The lowest BCUT2D eigenvalue weighted by molar-refractivity contribution is 0.590. The van der Waals surface area contributed by atoms with Crippen molar-refractivity contribution >= 4 is 10.9 Å². The third kappa shape index (κ3) is 3.19. The van der Waals surface area contributed by atoms with E-state index in [0.717, 1.165) is 13.0 Å². The molecule has 0 atom stereocenters. The van der Waals surface area contributed by atoms with Crippen LogP contribution in [-0.2, 0) is 6.42 Å². The minimum Gasteiger partial charge on any atom is -0.358 e. The predicted molar refractivity (Wildman–Crippen MR) is 84.0 cm³/mol. The molecule has 0 spiro atoms. The highest BCUT2D eigenvalue weighted by Gasteiger charge is 2.10. The molecule has 2 rings (SSSR count). The van der Waals surface area contributed by atoms with E-state index in [0.29, 0.717) is 12.0 Å². The molecule has 104 valence electrons. The van der Waals surface area contributed by atoms with E-state index >= 15 is 0 Å². The maximum absolute atomic E-state index is 3.50. The lowest BCUT2D eigenvalue weighted by Crippen LogP contribution is -2.25. The van der Waals surface area contributed by atoms with Crippen LogP contribution in [0.15, 0.2) is 18.2 Å². The molecule has 0 unspecified atom stereocenters. The SMILES string of the molecule is Cc1[nH]c2ccc(C(C)C)cc2c1CCNC(C)C. The Kier molecular flexibility index (Phi) is 4.31. The number of hydrogen-bond acceptors (Lipinski definition) is 1. The molecule has 1 aromatic heterocycles. The van der Waals surface area contributed by atoms with Crippen LogP contribution >= 0.6 is 0 Å². The molecule has 2 nitrogen and oxygen atoms in total. The van der Waals surface area contributed by atoms with Crippen molar-refractivity contribution in [2.24, 2.45) is 0 Å². The Bertz CT molecular complexity index is 550. The number of H-pyrrole nitrogens is 1. The molecule has 0 radical (unpaired) electrons. The number of aryl methyl sites for hydroxylation is 1. The predicted octanol–water partition coefficient (Wildman–Crippen LogP) is 4.14. The average Bonchev–Trinajstić information content (AvgIpc) is 2.64. The van der Waals surface area contributed by atoms with Gasteiger partial charge in [0.05, 0.1) is 0 Å². The minimum absolute atomic E-state index is 0.553. The summed E-state index contributed by atoms with van der Waals surface area (Å²) in [5.74, 6) is 0.584. The number of rotatable bonds is 5. The molecule has 0 amide bonds. The second-order valence-corrected chi connectivity index (χ2v) is 6.05. The minimum atomic E-state index is 0.553. The van der Waals surface area contributed by atoms with Crippen molar-refractivity contribution in [2.75, 3.05) is 6.54 Å². The number of nitrogens with one attached hydrogen (secondary N) is 2. The lowest BCUT2D eigenvalue weighted by atomic mass is 9.99. The Labute approximate surface area is 116 Å². The van der Waals surface area contributed by atoms with E-state index in [1.165, 1.54) is 27.7 Å². The standard InChI is InChI=1S/C17H26N2/c1-11(2)14-6-7-17-16(10-14)15(13(5)19-17)8-9-18-12(3)4/h6-7,10-12,18-19H,8-9H2,1-5H3. The molecule has 19 heavy (non-hydrogen) atoms. The van der Waals surface area contributed by atoms with Gasteiger partial charge in [0.15, 0.2) is 0 Å². The zero-order valence-corrected chi connectivity index (χ0v) is 12.8. The van der Waals surface area contributed by atoms with Crippen LogP contribution in [0.1, 0.15) is 50.4 Å². The first kappa shape index (κ1) is 14.1. The molecule has 0 saturated carbocycles. The van der Waals surface area contributed by atoms with Crippen LogP contribution in [0.25, 0.3) is 10.9 Å². The summed E-state index contributed by atoms with van der Waals surface area (Å²) in [7, 11) is 0. The zero-order valence-electron chi connectivity index (χ0n) is 12.8. The number of benzene rings is 1. The van der Waals surface area contributed by atoms with E-state index in [1.807, 2.05) is 0 Å². The van der Waals surface area contributed by atoms with Gasteiger partial charge in [-0.15, -0.1) is 0 Å². The van der Waals surface area contributed by atoms with Crippen molar-refractivity contribution in [3.63, 3.8) is 0 Å². The topological polar surface area (TPSA) is 27.8 Å². The summed E-state index contributed by atoms with van der Waals surface area (Å²) in [6.07, 6.45) is 1.09. The lowest BCUT2D eigenvalue weighted by Gasteiger charge is -2.09. The van der Waals surface area contributed by atoms with Gasteiger partial charge in [0.1, 0.15) is 0 Å². The van der Waals surface area contributed by atoms with Gasteiger partial charge in [0.25, 0.3) is 0 Å². The maximum atomic E-state index is 3.50. The van der Waals surface area contributed by atoms with Gasteiger partial charge < -0.3 is 10.3 Å². The summed E-state index contributed by atoms with van der Waals surface area (Å²) in [4.78, 5) is 3.50. The summed E-state index contributed by atoms with van der Waals surface area (Å²) < 4.78 is 0. The highest BCUT2D eigenvalue weighted by molar-refractivity contribution is 5.85. The van der Waals surface area contributed by atoms with Crippen LogP contribution in [0.4, 0.5) is 0 Å². The van der Waals surface area contributed by atoms with Gasteiger partial charge >= 0.3 is 0 Å². The highest BCUT2D eigenvalue weighted by Crippen LogP contribution is 2.26. The molecule has 1 aromatic carbocycles. The molecule has 2 heteroatoms. The van der Waals surface area contributed by atoms with Gasteiger partial charge in [-0.05, 0) is 49.1 Å². The van der Waals surface area contributed by atoms with Gasteiger partial charge in [0, 0.05) is 22.6 Å². The summed E-state index contributed by atoms with van der Waals surface area (Å²) in [6.45, 7) is 12.1. The average molecular weight is 258 g/mol. The number of fused-ring (bicyclic) bond motifs is 1. The van der Waals surface area contributed by atoms with Crippen LogP contribution in [0.5, 0.6) is 0 Å². The van der Waals surface area contributed by atoms with Gasteiger partial charge in [-0.3, -0.25) is 0 Å². The van der Waals surface area contributed by atoms with Gasteiger partial charge in [-0.25, -0.2) is 0 Å². The normalized spacial score (nSPS) is 11.9. The first-order valence-electron chi connectivity index (χ1n) is 7.33. The van der Waals surface area contributed by atoms with Crippen molar-refractivity contribution in [3.8, 4) is 0 Å². The number of aromatic amines is 1. The first-order chi connectivity index (χ1) is 8.99. The number of aromatic nitrogens is 1. The molecule has 0 aliphatic heterocycles. The van der Waals surface area contributed by atoms with E-state index in [2.05, 4.69) is 63.1 Å². The molecule has 0 aliphatic carbocycles. The first-order valence-corrected chi connectivity index (χ1v) is 7.33. The Morgan fingerprint density at radius 3 is 2.53 bits per heavy atom. The van der Waals surface area contributed by atoms with Gasteiger partial charge in [-0.1, -0.05) is 33.8 Å². The Balaban J connectivity index is 2.30. The molecular weight excluding hydrogens is 232 g/mol. The fourth-order valence-corrected chi connectivity index (χ4v) is 2.57. The fourth-order valence-electron chi connectivity index (χ4n) is 2.57. The van der Waals surface area contributed by atoms with Crippen LogP contribution in [0.2, 0.25) is 0 Å². The quantitative estimate of drug-likeness (QED) is 0.829. The second kappa shape index (κ2) is 5.79. The Morgan fingerprint density at radius 1 is 1.16 bits per heavy atom. The third-order valence-corrected chi connectivity index (χ3v) is 3.74. The second-order valence-electron chi connectivity index (χ2n) is 6.05. The van der Waals surface area contributed by atoms with E-state index in [9.17, 15) is 0 Å². The molecule has 0 fully saturated rings. The van der Waals surface area contributed by atoms with E-state index in [-0.39, 0.29) is 0 Å². The van der Waals surface area contributed by atoms with Crippen molar-refractivity contribution in [2.45, 2.75) is 53.0 Å². The summed E-state index contributed by atoms with van der Waals surface area (Å²) in [6, 6.07) is 7.36. The van der Waals surface area contributed by atoms with Gasteiger partial charge in [-0.2, -0.15) is 0 Å². The maximum Gasteiger partial charge on any atom is 0.0459 e. The van der Waals surface area contributed by atoms with Crippen LogP contribution in [-0.4, -0.2) is 17.6 Å². The smallest absolute Gasteiger partial charge is 0.0459 e.